The Morgan fingerprint density at radius 3 is 2.62 bits per heavy atom. The Morgan fingerprint density at radius 2 is 1.85 bits per heavy atom. The molecule has 2 N–H and O–H groups in total. The van der Waals surface area contributed by atoms with Crippen molar-refractivity contribution in [3.63, 3.8) is 0 Å². The number of carbonyl (C=O) groups excluding carboxylic acids is 1. The van der Waals surface area contributed by atoms with Crippen molar-refractivity contribution in [3.05, 3.63) is 83.8 Å². The fourth-order valence-electron chi connectivity index (χ4n) is 5.75. The number of guanidine groups is 1. The monoisotopic (exact) mass is 523 g/mol. The first-order valence-corrected chi connectivity index (χ1v) is 13.0. The topological polar surface area (TPSA) is 98.9 Å². The smallest absolute Gasteiger partial charge is 0.267 e. The lowest BCUT2D eigenvalue weighted by molar-refractivity contribution is 0.0866. The molecule has 1 fully saturated rings. The summed E-state index contributed by atoms with van der Waals surface area (Å²) in [4.78, 5) is 26.3. The van der Waals surface area contributed by atoms with Crippen molar-refractivity contribution >= 4 is 29.2 Å². The van der Waals surface area contributed by atoms with Crippen LogP contribution >= 0.6 is 0 Å². The highest BCUT2D eigenvalue weighted by Gasteiger charge is 2.49. The first kappa shape index (κ1) is 23.4. The van der Waals surface area contributed by atoms with Crippen LogP contribution in [0, 0.1) is 5.95 Å². The Morgan fingerprint density at radius 1 is 1.05 bits per heavy atom. The van der Waals surface area contributed by atoms with Crippen molar-refractivity contribution in [2.24, 2.45) is 4.99 Å². The van der Waals surface area contributed by atoms with Gasteiger partial charge in [-0.3, -0.25) is 14.6 Å². The normalized spacial score (nSPS) is 19.5. The number of aliphatic imine (C=N–C) groups is 1. The number of pyridine rings is 1. The van der Waals surface area contributed by atoms with Gasteiger partial charge >= 0.3 is 0 Å². The molecular formula is C29H26FN7O2. The highest BCUT2D eigenvalue weighted by molar-refractivity contribution is 6.21. The molecule has 7 rings (SSSR count). The number of halogens is 1. The Hall–Kier alpha value is -4.73. The van der Waals surface area contributed by atoms with Gasteiger partial charge in [-0.25, -0.2) is 14.7 Å². The second-order valence-corrected chi connectivity index (χ2v) is 10.1. The van der Waals surface area contributed by atoms with Gasteiger partial charge in [0.2, 0.25) is 11.9 Å². The van der Waals surface area contributed by atoms with Crippen molar-refractivity contribution in [1.29, 1.82) is 0 Å². The second kappa shape index (κ2) is 8.93. The maximum atomic E-state index is 13.7. The Labute approximate surface area is 224 Å². The Balaban J connectivity index is 1.29. The average molecular weight is 524 g/mol. The summed E-state index contributed by atoms with van der Waals surface area (Å²) in [5.41, 5.74) is 3.55. The van der Waals surface area contributed by atoms with Gasteiger partial charge in [0.25, 0.3) is 5.91 Å². The van der Waals surface area contributed by atoms with E-state index in [0.29, 0.717) is 35.4 Å². The van der Waals surface area contributed by atoms with Crippen LogP contribution in [0.25, 0.3) is 11.3 Å². The van der Waals surface area contributed by atoms with E-state index in [9.17, 15) is 14.3 Å². The van der Waals surface area contributed by atoms with Gasteiger partial charge < -0.3 is 10.4 Å². The van der Waals surface area contributed by atoms with Gasteiger partial charge in [-0.1, -0.05) is 30.3 Å². The summed E-state index contributed by atoms with van der Waals surface area (Å²) in [7, 11) is 1.76. The lowest BCUT2D eigenvalue weighted by Crippen LogP contribution is -2.51. The van der Waals surface area contributed by atoms with Crippen LogP contribution in [-0.4, -0.2) is 55.8 Å². The van der Waals surface area contributed by atoms with E-state index in [1.807, 2.05) is 28.9 Å². The minimum absolute atomic E-state index is 0.157. The molecular weight excluding hydrogens is 497 g/mol. The number of amides is 1. The summed E-state index contributed by atoms with van der Waals surface area (Å²) in [6.45, 7) is 0.398. The minimum atomic E-state index is -0.521. The van der Waals surface area contributed by atoms with Gasteiger partial charge in [0.05, 0.1) is 24.3 Å². The van der Waals surface area contributed by atoms with Crippen molar-refractivity contribution in [2.45, 2.75) is 37.9 Å². The second-order valence-electron chi connectivity index (χ2n) is 10.1. The molecule has 0 radical (unpaired) electrons. The summed E-state index contributed by atoms with van der Waals surface area (Å²) in [5.74, 6) is 1.32. The van der Waals surface area contributed by atoms with E-state index in [2.05, 4.69) is 15.2 Å². The number of phenols is 1. The van der Waals surface area contributed by atoms with E-state index in [-0.39, 0.29) is 23.7 Å². The summed E-state index contributed by atoms with van der Waals surface area (Å²) >= 11 is 0. The van der Waals surface area contributed by atoms with Crippen LogP contribution < -0.4 is 10.2 Å². The zero-order chi connectivity index (χ0) is 26.7. The van der Waals surface area contributed by atoms with Crippen LogP contribution in [0.2, 0.25) is 0 Å². The third-order valence-corrected chi connectivity index (χ3v) is 7.68. The van der Waals surface area contributed by atoms with Crippen molar-refractivity contribution in [3.8, 4) is 17.0 Å². The van der Waals surface area contributed by atoms with Crippen LogP contribution in [0.4, 0.5) is 21.7 Å². The van der Waals surface area contributed by atoms with Crippen LogP contribution in [0.3, 0.4) is 0 Å². The lowest BCUT2D eigenvalue weighted by atomic mass is 10.1. The molecule has 0 bridgehead atoms. The average Bonchev–Trinajstić information content (AvgIpc) is 3.63. The molecule has 0 spiro atoms. The molecule has 2 aromatic heterocycles. The molecule has 0 unspecified atom stereocenters. The molecule has 10 heteroatoms. The summed E-state index contributed by atoms with van der Waals surface area (Å²) in [6.07, 6.45) is 3.11. The van der Waals surface area contributed by atoms with Gasteiger partial charge in [-0.05, 0) is 61.2 Å². The largest absolute Gasteiger partial charge is 0.508 e. The molecule has 0 saturated heterocycles. The molecule has 4 aromatic rings. The van der Waals surface area contributed by atoms with E-state index >= 15 is 0 Å². The van der Waals surface area contributed by atoms with Crippen molar-refractivity contribution < 1.29 is 14.3 Å². The number of phenolic OH excluding ortho intramolecular Hbond substituents is 1. The molecule has 4 heterocycles. The highest BCUT2D eigenvalue weighted by atomic mass is 19.1. The molecule has 1 aliphatic carbocycles. The Bertz CT molecular complexity index is 1610. The van der Waals surface area contributed by atoms with E-state index in [0.717, 1.165) is 36.1 Å². The van der Waals surface area contributed by atoms with Gasteiger partial charge in [-0.15, -0.1) is 0 Å². The van der Waals surface area contributed by atoms with Crippen molar-refractivity contribution in [1.82, 2.24) is 19.7 Å². The Kier molecular flexibility index (Phi) is 5.36. The number of aromatic nitrogens is 3. The first-order chi connectivity index (χ1) is 19.0. The standard InChI is InChI=1S/C29H26FN7O2/c1-35-28(39)25-26(31-19-12-14-20(38)15-13-19)36(34-27(25)37-23-6-2-5-22(23)33-29(35)37)16-17-8-10-18(11-9-17)21-4-3-7-24(30)32-21/h3-4,7-15,22-23,31,38H,2,5-6,16H2,1H3/t22-,23+/m1/s1. The van der Waals surface area contributed by atoms with Gasteiger partial charge in [-0.2, -0.15) is 9.49 Å². The minimum Gasteiger partial charge on any atom is -0.508 e. The van der Waals surface area contributed by atoms with Gasteiger partial charge in [0.1, 0.15) is 17.1 Å². The van der Waals surface area contributed by atoms with E-state index < -0.39 is 5.95 Å². The number of aromatic hydroxyl groups is 1. The maximum Gasteiger partial charge on any atom is 0.267 e. The maximum absolute atomic E-state index is 13.7. The van der Waals surface area contributed by atoms with Crippen LogP contribution in [0.1, 0.15) is 35.2 Å². The van der Waals surface area contributed by atoms with Gasteiger partial charge in [0, 0.05) is 18.3 Å². The van der Waals surface area contributed by atoms with Crippen LogP contribution in [0.15, 0.2) is 71.7 Å². The number of hydrogen-bond donors (Lipinski definition) is 2. The summed E-state index contributed by atoms with van der Waals surface area (Å²) in [5, 5.41) is 18.1. The molecule has 2 aromatic carbocycles. The molecule has 1 saturated carbocycles. The van der Waals surface area contributed by atoms with Crippen LogP contribution in [0.5, 0.6) is 5.75 Å². The number of nitrogens with zero attached hydrogens (tertiary/aromatic N) is 6. The predicted molar refractivity (Wildman–Crippen MR) is 146 cm³/mol. The molecule has 9 nitrogen and oxygen atoms in total. The van der Waals surface area contributed by atoms with Crippen LogP contribution in [-0.2, 0) is 6.54 Å². The molecule has 196 valence electrons. The number of rotatable bonds is 5. The fraction of sp³-hybridized carbons (Fsp3) is 0.241. The zero-order valence-corrected chi connectivity index (χ0v) is 21.3. The fourth-order valence-corrected chi connectivity index (χ4v) is 5.75. The third-order valence-electron chi connectivity index (χ3n) is 7.68. The lowest BCUT2D eigenvalue weighted by Gasteiger charge is -2.34. The van der Waals surface area contributed by atoms with E-state index in [1.54, 1.807) is 48.3 Å². The van der Waals surface area contributed by atoms with E-state index in [4.69, 9.17) is 10.1 Å². The number of anilines is 3. The quantitative estimate of drug-likeness (QED) is 0.289. The molecule has 2 atom stereocenters. The summed E-state index contributed by atoms with van der Waals surface area (Å²) in [6, 6.07) is 19.5. The highest BCUT2D eigenvalue weighted by Crippen LogP contribution is 2.43. The zero-order valence-electron chi connectivity index (χ0n) is 21.3. The predicted octanol–water partition coefficient (Wildman–Crippen LogP) is 4.76. The molecule has 3 aliphatic rings. The van der Waals surface area contributed by atoms with Gasteiger partial charge in [0.15, 0.2) is 5.82 Å². The first-order valence-electron chi connectivity index (χ1n) is 13.0. The number of fused-ring (bicyclic) bond motifs is 5. The molecule has 1 amide bonds. The number of carbonyl (C=O) groups is 1. The summed E-state index contributed by atoms with van der Waals surface area (Å²) < 4.78 is 15.4. The SMILES string of the molecule is CN1C(=O)c2c(nn(Cc3ccc(-c4cccc(F)n4)cc3)c2Nc2ccc(O)cc2)N2C1=N[C@@H]1CCC[C@@H]12. The molecule has 2 aliphatic heterocycles. The number of benzene rings is 2. The molecule has 39 heavy (non-hydrogen) atoms. The van der Waals surface area contributed by atoms with Crippen molar-refractivity contribution in [2.75, 3.05) is 17.3 Å². The number of nitrogens with one attached hydrogen (secondary N) is 1. The third kappa shape index (κ3) is 3.91. The number of hydrogen-bond acceptors (Lipinski definition) is 7. The van der Waals surface area contributed by atoms with E-state index in [1.165, 1.54) is 6.07 Å².